The van der Waals surface area contributed by atoms with Crippen molar-refractivity contribution >= 4 is 5.82 Å². The molecule has 3 rings (SSSR count). The number of hydrogen-bond acceptors (Lipinski definition) is 4. The molecule has 0 amide bonds. The van der Waals surface area contributed by atoms with Gasteiger partial charge in [-0.15, -0.1) is 0 Å². The lowest BCUT2D eigenvalue weighted by atomic mass is 9.71. The zero-order valence-electron chi connectivity index (χ0n) is 11.3. The zero-order valence-corrected chi connectivity index (χ0v) is 11.3. The summed E-state index contributed by atoms with van der Waals surface area (Å²) in [6.07, 6.45) is 7.01. The van der Waals surface area contributed by atoms with Gasteiger partial charge in [0.15, 0.2) is 0 Å². The summed E-state index contributed by atoms with van der Waals surface area (Å²) in [6, 6.07) is 3.78. The molecule has 2 N–H and O–H groups in total. The Kier molecular flexibility index (Phi) is 3.46. The first kappa shape index (κ1) is 12.9. The van der Waals surface area contributed by atoms with Gasteiger partial charge in [-0.2, -0.15) is 0 Å². The van der Waals surface area contributed by atoms with E-state index >= 15 is 0 Å². The van der Waals surface area contributed by atoms with Gasteiger partial charge in [-0.05, 0) is 25.3 Å². The molecular weight excluding hydrogens is 240 g/mol. The molecule has 2 fully saturated rings. The SMILES string of the molecule is OCc1cccnc1N1CCC2(O)CCCCC2C1. The van der Waals surface area contributed by atoms with E-state index in [2.05, 4.69) is 9.88 Å². The van der Waals surface area contributed by atoms with Crippen molar-refractivity contribution in [3.63, 3.8) is 0 Å². The third-order valence-electron chi connectivity index (χ3n) is 4.77. The summed E-state index contributed by atoms with van der Waals surface area (Å²) in [5, 5.41) is 20.1. The van der Waals surface area contributed by atoms with Gasteiger partial charge in [-0.1, -0.05) is 18.9 Å². The standard InChI is InChI=1S/C15H22N2O2/c18-11-12-4-3-8-16-14(12)17-9-7-15(19)6-2-1-5-13(15)10-17/h3-4,8,13,18-19H,1-2,5-7,9-11H2. The van der Waals surface area contributed by atoms with Gasteiger partial charge in [0.1, 0.15) is 5.82 Å². The first-order valence-electron chi connectivity index (χ1n) is 7.25. The van der Waals surface area contributed by atoms with Crippen LogP contribution in [-0.4, -0.2) is 33.9 Å². The van der Waals surface area contributed by atoms with Crippen LogP contribution in [0.25, 0.3) is 0 Å². The topological polar surface area (TPSA) is 56.6 Å². The summed E-state index contributed by atoms with van der Waals surface area (Å²) < 4.78 is 0. The van der Waals surface area contributed by atoms with Gasteiger partial charge in [0, 0.05) is 30.8 Å². The highest BCUT2D eigenvalue weighted by Gasteiger charge is 2.43. The normalized spacial score (nSPS) is 31.1. The van der Waals surface area contributed by atoms with Crippen LogP contribution < -0.4 is 4.90 Å². The maximum atomic E-state index is 10.7. The quantitative estimate of drug-likeness (QED) is 0.852. The van der Waals surface area contributed by atoms with Gasteiger partial charge >= 0.3 is 0 Å². The number of aliphatic hydroxyl groups excluding tert-OH is 1. The summed E-state index contributed by atoms with van der Waals surface area (Å²) in [7, 11) is 0. The van der Waals surface area contributed by atoms with Gasteiger partial charge in [0.2, 0.25) is 0 Å². The zero-order chi connectivity index (χ0) is 13.3. The number of fused-ring (bicyclic) bond motifs is 1. The van der Waals surface area contributed by atoms with Crippen LogP contribution in [0.5, 0.6) is 0 Å². The van der Waals surface area contributed by atoms with Crippen molar-refractivity contribution in [2.24, 2.45) is 5.92 Å². The Morgan fingerprint density at radius 1 is 1.37 bits per heavy atom. The van der Waals surface area contributed by atoms with E-state index in [9.17, 15) is 10.2 Å². The molecule has 0 radical (unpaired) electrons. The monoisotopic (exact) mass is 262 g/mol. The summed E-state index contributed by atoms with van der Waals surface area (Å²) in [5.41, 5.74) is 0.423. The Morgan fingerprint density at radius 2 is 2.26 bits per heavy atom. The van der Waals surface area contributed by atoms with Crippen LogP contribution in [0.3, 0.4) is 0 Å². The van der Waals surface area contributed by atoms with Crippen molar-refractivity contribution in [1.29, 1.82) is 0 Å². The van der Waals surface area contributed by atoms with Gasteiger partial charge in [-0.25, -0.2) is 4.98 Å². The first-order chi connectivity index (χ1) is 9.23. The first-order valence-corrected chi connectivity index (χ1v) is 7.25. The van der Waals surface area contributed by atoms with E-state index in [1.54, 1.807) is 6.20 Å². The minimum atomic E-state index is -0.455. The van der Waals surface area contributed by atoms with Crippen molar-refractivity contribution in [2.75, 3.05) is 18.0 Å². The molecule has 2 aliphatic rings. The average molecular weight is 262 g/mol. The molecule has 1 aliphatic carbocycles. The summed E-state index contributed by atoms with van der Waals surface area (Å²) in [5.74, 6) is 1.24. The maximum absolute atomic E-state index is 10.7. The number of rotatable bonds is 2. The highest BCUT2D eigenvalue weighted by molar-refractivity contribution is 5.47. The molecule has 2 unspecified atom stereocenters. The molecule has 19 heavy (non-hydrogen) atoms. The number of hydrogen-bond donors (Lipinski definition) is 2. The van der Waals surface area contributed by atoms with E-state index in [-0.39, 0.29) is 6.61 Å². The molecule has 1 aromatic rings. The molecule has 1 aromatic heterocycles. The van der Waals surface area contributed by atoms with Gasteiger partial charge in [-0.3, -0.25) is 0 Å². The van der Waals surface area contributed by atoms with Crippen molar-refractivity contribution in [3.05, 3.63) is 23.9 Å². The molecule has 1 saturated heterocycles. The lowest BCUT2D eigenvalue weighted by Gasteiger charge is -2.48. The van der Waals surface area contributed by atoms with E-state index in [0.29, 0.717) is 5.92 Å². The molecule has 4 nitrogen and oxygen atoms in total. The maximum Gasteiger partial charge on any atom is 0.134 e. The lowest BCUT2D eigenvalue weighted by Crippen LogP contribution is -2.53. The van der Waals surface area contributed by atoms with Crippen molar-refractivity contribution in [1.82, 2.24) is 4.98 Å². The molecule has 1 saturated carbocycles. The molecule has 0 aromatic carbocycles. The molecule has 2 heterocycles. The molecule has 0 spiro atoms. The number of aromatic nitrogens is 1. The Labute approximate surface area is 114 Å². The Morgan fingerprint density at radius 3 is 3.11 bits per heavy atom. The molecule has 1 aliphatic heterocycles. The van der Waals surface area contributed by atoms with E-state index in [0.717, 1.165) is 50.2 Å². The largest absolute Gasteiger partial charge is 0.392 e. The van der Waals surface area contributed by atoms with Crippen LogP contribution in [0.4, 0.5) is 5.82 Å². The number of piperidine rings is 1. The van der Waals surface area contributed by atoms with E-state index in [1.807, 2.05) is 12.1 Å². The molecule has 104 valence electrons. The predicted molar refractivity (Wildman–Crippen MR) is 73.9 cm³/mol. The van der Waals surface area contributed by atoms with Crippen molar-refractivity contribution in [3.8, 4) is 0 Å². The molecule has 0 bridgehead atoms. The highest BCUT2D eigenvalue weighted by atomic mass is 16.3. The number of nitrogens with zero attached hydrogens (tertiary/aromatic N) is 2. The van der Waals surface area contributed by atoms with Crippen LogP contribution in [0.1, 0.15) is 37.7 Å². The number of pyridine rings is 1. The molecular formula is C15H22N2O2. The minimum Gasteiger partial charge on any atom is -0.392 e. The van der Waals surface area contributed by atoms with Crippen molar-refractivity contribution in [2.45, 2.75) is 44.3 Å². The summed E-state index contributed by atoms with van der Waals surface area (Å²) >= 11 is 0. The third kappa shape index (κ3) is 2.35. The Balaban J connectivity index is 1.81. The predicted octanol–water partition coefficient (Wildman–Crippen LogP) is 1.71. The van der Waals surface area contributed by atoms with Crippen LogP contribution in [-0.2, 0) is 6.61 Å². The molecule has 4 heteroatoms. The minimum absolute atomic E-state index is 0.0224. The Hall–Kier alpha value is -1.13. The van der Waals surface area contributed by atoms with E-state index in [1.165, 1.54) is 6.42 Å². The number of anilines is 1. The van der Waals surface area contributed by atoms with Gasteiger partial charge in [0.05, 0.1) is 12.2 Å². The van der Waals surface area contributed by atoms with Gasteiger partial charge < -0.3 is 15.1 Å². The highest BCUT2D eigenvalue weighted by Crippen LogP contribution is 2.40. The van der Waals surface area contributed by atoms with Gasteiger partial charge in [0.25, 0.3) is 0 Å². The van der Waals surface area contributed by atoms with E-state index in [4.69, 9.17) is 0 Å². The Bertz CT molecular complexity index is 452. The fraction of sp³-hybridized carbons (Fsp3) is 0.667. The second kappa shape index (κ2) is 5.10. The van der Waals surface area contributed by atoms with Crippen LogP contribution in [0.15, 0.2) is 18.3 Å². The second-order valence-corrected chi connectivity index (χ2v) is 5.89. The summed E-state index contributed by atoms with van der Waals surface area (Å²) in [6.45, 7) is 1.71. The summed E-state index contributed by atoms with van der Waals surface area (Å²) in [4.78, 5) is 6.65. The van der Waals surface area contributed by atoms with Crippen molar-refractivity contribution < 1.29 is 10.2 Å². The number of aliphatic hydroxyl groups is 2. The second-order valence-electron chi connectivity index (χ2n) is 5.89. The van der Waals surface area contributed by atoms with E-state index < -0.39 is 5.60 Å². The fourth-order valence-corrected chi connectivity index (χ4v) is 3.60. The third-order valence-corrected chi connectivity index (χ3v) is 4.77. The fourth-order valence-electron chi connectivity index (χ4n) is 3.60. The lowest BCUT2D eigenvalue weighted by molar-refractivity contribution is -0.0614. The van der Waals surface area contributed by atoms with Crippen LogP contribution in [0.2, 0.25) is 0 Å². The van der Waals surface area contributed by atoms with Crippen LogP contribution in [0, 0.1) is 5.92 Å². The smallest absolute Gasteiger partial charge is 0.134 e. The average Bonchev–Trinajstić information content (AvgIpc) is 2.46. The van der Waals surface area contributed by atoms with Crippen LogP contribution >= 0.6 is 0 Å². The molecule has 2 atom stereocenters.